The molecule has 24 heavy (non-hydrogen) atoms. The Labute approximate surface area is 141 Å². The van der Waals surface area contributed by atoms with Gasteiger partial charge in [0, 0.05) is 13.1 Å². The number of rotatable bonds is 3. The van der Waals surface area contributed by atoms with E-state index in [1.54, 1.807) is 4.90 Å². The molecule has 0 aromatic heterocycles. The first-order chi connectivity index (χ1) is 11.8. The Hall–Kier alpha value is -3.06. The zero-order valence-electron chi connectivity index (χ0n) is 13.3. The van der Waals surface area contributed by atoms with Crippen LogP contribution in [0.25, 0.3) is 5.57 Å². The highest BCUT2D eigenvalue weighted by Gasteiger charge is 2.20. The molecule has 0 unspecified atom stereocenters. The van der Waals surface area contributed by atoms with Gasteiger partial charge < -0.3 is 9.64 Å². The Kier molecular flexibility index (Phi) is 4.93. The van der Waals surface area contributed by atoms with Crippen molar-refractivity contribution in [1.29, 1.82) is 5.26 Å². The fourth-order valence-electron chi connectivity index (χ4n) is 2.75. The highest BCUT2D eigenvalue weighted by molar-refractivity contribution is 5.74. The standard InChI is InChI=1S/C20H18N2O2/c21-14-18-8-4-5-9-19(18)17-10-12-22(13-11-17)20(23)24-15-16-6-2-1-3-7-16/h1-10H,11-13,15H2. The van der Waals surface area contributed by atoms with Crippen molar-refractivity contribution in [3.8, 4) is 6.07 Å². The van der Waals surface area contributed by atoms with E-state index >= 15 is 0 Å². The number of benzene rings is 2. The van der Waals surface area contributed by atoms with Crippen LogP contribution in [0.15, 0.2) is 60.7 Å². The van der Waals surface area contributed by atoms with Crippen LogP contribution < -0.4 is 0 Å². The van der Waals surface area contributed by atoms with E-state index < -0.39 is 0 Å². The molecule has 0 bridgehead atoms. The van der Waals surface area contributed by atoms with Gasteiger partial charge >= 0.3 is 6.09 Å². The molecule has 1 aliphatic heterocycles. The van der Waals surface area contributed by atoms with Crippen molar-refractivity contribution < 1.29 is 9.53 Å². The minimum atomic E-state index is -0.303. The van der Waals surface area contributed by atoms with E-state index in [2.05, 4.69) is 6.07 Å². The highest BCUT2D eigenvalue weighted by atomic mass is 16.6. The number of amides is 1. The number of carbonyl (C=O) groups is 1. The lowest BCUT2D eigenvalue weighted by Gasteiger charge is -2.26. The van der Waals surface area contributed by atoms with Crippen LogP contribution in [0, 0.1) is 11.3 Å². The molecule has 0 radical (unpaired) electrons. The minimum Gasteiger partial charge on any atom is -0.445 e. The Morgan fingerprint density at radius 3 is 2.58 bits per heavy atom. The maximum atomic E-state index is 12.2. The maximum Gasteiger partial charge on any atom is 0.410 e. The molecule has 0 fully saturated rings. The summed E-state index contributed by atoms with van der Waals surface area (Å²) < 4.78 is 5.36. The normalized spacial score (nSPS) is 13.8. The van der Waals surface area contributed by atoms with Crippen LogP contribution >= 0.6 is 0 Å². The summed E-state index contributed by atoms with van der Waals surface area (Å²) >= 11 is 0. The zero-order chi connectivity index (χ0) is 16.8. The van der Waals surface area contributed by atoms with Gasteiger partial charge in [0.05, 0.1) is 11.6 Å². The largest absolute Gasteiger partial charge is 0.445 e. The summed E-state index contributed by atoms with van der Waals surface area (Å²) in [6.07, 6.45) is 2.42. The number of ether oxygens (including phenoxy) is 1. The number of nitriles is 1. The van der Waals surface area contributed by atoms with E-state index in [0.29, 0.717) is 18.7 Å². The molecule has 1 heterocycles. The molecule has 0 saturated carbocycles. The summed E-state index contributed by atoms with van der Waals surface area (Å²) in [6, 6.07) is 19.4. The fourth-order valence-corrected chi connectivity index (χ4v) is 2.75. The van der Waals surface area contributed by atoms with Crippen molar-refractivity contribution in [1.82, 2.24) is 4.90 Å². The quantitative estimate of drug-likeness (QED) is 0.860. The second-order valence-electron chi connectivity index (χ2n) is 5.62. The number of hydrogen-bond donors (Lipinski definition) is 0. The van der Waals surface area contributed by atoms with Crippen molar-refractivity contribution in [2.45, 2.75) is 13.0 Å². The van der Waals surface area contributed by atoms with Crippen LogP contribution in [0.4, 0.5) is 4.79 Å². The minimum absolute atomic E-state index is 0.282. The highest BCUT2D eigenvalue weighted by Crippen LogP contribution is 2.25. The summed E-state index contributed by atoms with van der Waals surface area (Å²) in [7, 11) is 0. The second-order valence-corrected chi connectivity index (χ2v) is 5.62. The SMILES string of the molecule is N#Cc1ccccc1C1=CCN(C(=O)OCc2ccccc2)CC1. The van der Waals surface area contributed by atoms with Crippen molar-refractivity contribution >= 4 is 11.7 Å². The van der Waals surface area contributed by atoms with Gasteiger partial charge in [-0.15, -0.1) is 0 Å². The topological polar surface area (TPSA) is 53.3 Å². The third-order valence-corrected chi connectivity index (χ3v) is 4.07. The molecule has 2 aromatic rings. The van der Waals surface area contributed by atoms with Gasteiger partial charge in [0.2, 0.25) is 0 Å². The maximum absolute atomic E-state index is 12.2. The molecule has 4 heteroatoms. The average molecular weight is 318 g/mol. The molecular formula is C20H18N2O2. The van der Waals surface area contributed by atoms with Gasteiger partial charge in [-0.25, -0.2) is 4.79 Å². The van der Waals surface area contributed by atoms with E-state index in [4.69, 9.17) is 4.74 Å². The molecule has 3 rings (SSSR count). The first-order valence-electron chi connectivity index (χ1n) is 7.92. The van der Waals surface area contributed by atoms with Crippen LogP contribution in [0.3, 0.4) is 0 Å². The lowest BCUT2D eigenvalue weighted by molar-refractivity contribution is 0.0998. The molecular weight excluding hydrogens is 300 g/mol. The molecule has 120 valence electrons. The van der Waals surface area contributed by atoms with Crippen molar-refractivity contribution in [3.05, 3.63) is 77.4 Å². The van der Waals surface area contributed by atoms with Gasteiger partial charge in [0.15, 0.2) is 0 Å². The van der Waals surface area contributed by atoms with Gasteiger partial charge in [-0.1, -0.05) is 54.6 Å². The Morgan fingerprint density at radius 2 is 1.88 bits per heavy atom. The van der Waals surface area contributed by atoms with Gasteiger partial charge in [0.1, 0.15) is 6.61 Å². The molecule has 0 spiro atoms. The van der Waals surface area contributed by atoms with Crippen molar-refractivity contribution in [3.63, 3.8) is 0 Å². The van der Waals surface area contributed by atoms with Crippen LogP contribution in [0.1, 0.15) is 23.1 Å². The summed E-state index contributed by atoms with van der Waals surface area (Å²) in [5.41, 5.74) is 3.71. The Morgan fingerprint density at radius 1 is 1.12 bits per heavy atom. The molecule has 2 aromatic carbocycles. The smallest absolute Gasteiger partial charge is 0.410 e. The van der Waals surface area contributed by atoms with Crippen LogP contribution in [0.2, 0.25) is 0 Å². The number of hydrogen-bond acceptors (Lipinski definition) is 3. The molecule has 0 atom stereocenters. The molecule has 1 amide bonds. The third kappa shape index (κ3) is 3.64. The molecule has 4 nitrogen and oxygen atoms in total. The van der Waals surface area contributed by atoms with Crippen LogP contribution in [-0.4, -0.2) is 24.1 Å². The van der Waals surface area contributed by atoms with E-state index in [1.807, 2.05) is 60.7 Å². The van der Waals surface area contributed by atoms with Gasteiger partial charge in [-0.05, 0) is 29.2 Å². The lowest BCUT2D eigenvalue weighted by atomic mass is 9.95. The van der Waals surface area contributed by atoms with Gasteiger partial charge in [0.25, 0.3) is 0 Å². The molecule has 1 aliphatic rings. The van der Waals surface area contributed by atoms with E-state index in [1.165, 1.54) is 0 Å². The van der Waals surface area contributed by atoms with Crippen molar-refractivity contribution in [2.24, 2.45) is 0 Å². The number of nitrogens with zero attached hydrogens (tertiary/aromatic N) is 2. The summed E-state index contributed by atoms with van der Waals surface area (Å²) in [4.78, 5) is 13.8. The van der Waals surface area contributed by atoms with E-state index in [0.717, 1.165) is 23.1 Å². The molecule has 0 aliphatic carbocycles. The van der Waals surface area contributed by atoms with Gasteiger partial charge in [-0.3, -0.25) is 0 Å². The lowest BCUT2D eigenvalue weighted by Crippen LogP contribution is -2.35. The summed E-state index contributed by atoms with van der Waals surface area (Å²) in [5.74, 6) is 0. The Balaban J connectivity index is 1.60. The number of carbonyl (C=O) groups excluding carboxylic acids is 1. The van der Waals surface area contributed by atoms with E-state index in [9.17, 15) is 10.1 Å². The van der Waals surface area contributed by atoms with Crippen molar-refractivity contribution in [2.75, 3.05) is 13.1 Å². The fraction of sp³-hybridized carbons (Fsp3) is 0.200. The zero-order valence-corrected chi connectivity index (χ0v) is 13.3. The average Bonchev–Trinajstić information content (AvgIpc) is 2.67. The second kappa shape index (κ2) is 7.47. The summed E-state index contributed by atoms with van der Waals surface area (Å²) in [6.45, 7) is 1.38. The molecule has 0 N–H and O–H groups in total. The van der Waals surface area contributed by atoms with Crippen LogP contribution in [0.5, 0.6) is 0 Å². The predicted octanol–water partition coefficient (Wildman–Crippen LogP) is 3.98. The molecule has 0 saturated heterocycles. The Bertz CT molecular complexity index is 791. The predicted molar refractivity (Wildman–Crippen MR) is 92.0 cm³/mol. The van der Waals surface area contributed by atoms with Gasteiger partial charge in [-0.2, -0.15) is 5.26 Å². The van der Waals surface area contributed by atoms with Crippen LogP contribution in [-0.2, 0) is 11.3 Å². The third-order valence-electron chi connectivity index (χ3n) is 4.07. The van der Waals surface area contributed by atoms with E-state index in [-0.39, 0.29) is 12.7 Å². The monoisotopic (exact) mass is 318 g/mol. The first-order valence-corrected chi connectivity index (χ1v) is 7.92. The summed E-state index contributed by atoms with van der Waals surface area (Å²) in [5, 5.41) is 9.21. The first kappa shape index (κ1) is 15.8.